The Labute approximate surface area is 158 Å². The first kappa shape index (κ1) is 17.5. The van der Waals surface area contributed by atoms with Crippen molar-refractivity contribution in [3.05, 3.63) is 57.3 Å². The van der Waals surface area contributed by atoms with Gasteiger partial charge in [-0.2, -0.15) is 5.10 Å². The standard InChI is InChI=1S/C16H12Cl2N4O2S/c17-10-3-1-9(2-4-10)15-20-21-16(25)22(15)8-14(24)19-12-7-11(18)5-6-13(12)23/h1-7,23H,8H2,(H,19,24)(H,21,25). The highest BCUT2D eigenvalue weighted by atomic mass is 35.5. The summed E-state index contributed by atoms with van der Waals surface area (Å²) in [7, 11) is 0. The Morgan fingerprint density at radius 1 is 1.20 bits per heavy atom. The first-order valence-electron chi connectivity index (χ1n) is 7.13. The second-order valence-electron chi connectivity index (χ2n) is 5.16. The van der Waals surface area contributed by atoms with Crippen LogP contribution in [-0.4, -0.2) is 25.8 Å². The summed E-state index contributed by atoms with van der Waals surface area (Å²) in [5.74, 6) is 0.0453. The van der Waals surface area contributed by atoms with E-state index in [2.05, 4.69) is 15.5 Å². The molecule has 2 aromatic carbocycles. The van der Waals surface area contributed by atoms with Crippen molar-refractivity contribution in [1.82, 2.24) is 14.8 Å². The van der Waals surface area contributed by atoms with Gasteiger partial charge in [-0.05, 0) is 54.7 Å². The van der Waals surface area contributed by atoms with E-state index in [9.17, 15) is 9.90 Å². The molecule has 0 spiro atoms. The molecule has 1 heterocycles. The number of H-pyrrole nitrogens is 1. The number of phenolic OH excluding ortho intramolecular Hbond substituents is 1. The quantitative estimate of drug-likeness (QED) is 0.455. The molecule has 0 aliphatic rings. The van der Waals surface area contributed by atoms with Crippen molar-refractivity contribution in [2.24, 2.45) is 0 Å². The van der Waals surface area contributed by atoms with Crippen molar-refractivity contribution in [3.63, 3.8) is 0 Å². The first-order valence-corrected chi connectivity index (χ1v) is 8.30. The largest absolute Gasteiger partial charge is 0.506 e. The molecule has 1 amide bonds. The van der Waals surface area contributed by atoms with Gasteiger partial charge in [0.15, 0.2) is 10.6 Å². The van der Waals surface area contributed by atoms with E-state index >= 15 is 0 Å². The Morgan fingerprint density at radius 2 is 1.88 bits per heavy atom. The summed E-state index contributed by atoms with van der Waals surface area (Å²) in [6.07, 6.45) is 0. The van der Waals surface area contributed by atoms with E-state index in [1.807, 2.05) is 0 Å². The molecule has 6 nitrogen and oxygen atoms in total. The predicted molar refractivity (Wildman–Crippen MR) is 99.6 cm³/mol. The molecule has 0 saturated carbocycles. The highest BCUT2D eigenvalue weighted by Crippen LogP contribution is 2.26. The lowest BCUT2D eigenvalue weighted by Gasteiger charge is -2.10. The van der Waals surface area contributed by atoms with Gasteiger partial charge in [0.2, 0.25) is 5.91 Å². The van der Waals surface area contributed by atoms with Crippen molar-refractivity contribution < 1.29 is 9.90 Å². The van der Waals surface area contributed by atoms with Crippen LogP contribution >= 0.6 is 35.4 Å². The Bertz CT molecular complexity index is 983. The molecule has 0 saturated heterocycles. The minimum Gasteiger partial charge on any atom is -0.506 e. The lowest BCUT2D eigenvalue weighted by Crippen LogP contribution is -2.19. The molecule has 0 radical (unpaired) electrons. The Morgan fingerprint density at radius 3 is 2.60 bits per heavy atom. The molecule has 3 N–H and O–H groups in total. The normalized spacial score (nSPS) is 10.6. The number of halogens is 2. The Balaban J connectivity index is 1.84. The first-order chi connectivity index (χ1) is 11.9. The molecule has 0 aliphatic carbocycles. The highest BCUT2D eigenvalue weighted by molar-refractivity contribution is 7.71. The third kappa shape index (κ3) is 4.01. The number of nitrogens with zero attached hydrogens (tertiary/aromatic N) is 2. The fourth-order valence-corrected chi connectivity index (χ4v) is 2.72. The molecule has 3 rings (SSSR count). The summed E-state index contributed by atoms with van der Waals surface area (Å²) in [4.78, 5) is 12.3. The number of rotatable bonds is 4. The van der Waals surface area contributed by atoms with Crippen molar-refractivity contribution in [3.8, 4) is 17.1 Å². The molecule has 0 aliphatic heterocycles. The molecule has 0 bridgehead atoms. The summed E-state index contributed by atoms with van der Waals surface area (Å²) in [5.41, 5.74) is 0.982. The molecule has 3 aromatic rings. The van der Waals surface area contributed by atoms with Crippen LogP contribution in [0.5, 0.6) is 5.75 Å². The molecule has 1 aromatic heterocycles. The maximum Gasteiger partial charge on any atom is 0.244 e. The van der Waals surface area contributed by atoms with Gasteiger partial charge in [-0.15, -0.1) is 0 Å². The molecule has 128 valence electrons. The van der Waals surface area contributed by atoms with Gasteiger partial charge in [-0.3, -0.25) is 14.5 Å². The minimum absolute atomic E-state index is 0.0773. The fraction of sp³-hybridized carbons (Fsp3) is 0.0625. The third-order valence-corrected chi connectivity index (χ3v) is 4.19. The summed E-state index contributed by atoms with van der Waals surface area (Å²) in [5, 5.41) is 20.2. The second kappa shape index (κ2) is 7.26. The fourth-order valence-electron chi connectivity index (χ4n) is 2.23. The molecule has 9 heteroatoms. The zero-order valence-corrected chi connectivity index (χ0v) is 15.0. The number of amides is 1. The maximum atomic E-state index is 12.3. The van der Waals surface area contributed by atoms with Gasteiger partial charge in [-0.25, -0.2) is 0 Å². The maximum absolute atomic E-state index is 12.3. The van der Waals surface area contributed by atoms with Gasteiger partial charge in [0.25, 0.3) is 0 Å². The highest BCUT2D eigenvalue weighted by Gasteiger charge is 2.14. The van der Waals surface area contributed by atoms with Crippen LogP contribution < -0.4 is 5.32 Å². The number of aromatic nitrogens is 3. The van der Waals surface area contributed by atoms with E-state index in [4.69, 9.17) is 35.4 Å². The van der Waals surface area contributed by atoms with Gasteiger partial charge in [0.1, 0.15) is 12.3 Å². The summed E-state index contributed by atoms with van der Waals surface area (Å²) in [6, 6.07) is 11.4. The van der Waals surface area contributed by atoms with Crippen LogP contribution in [0, 0.1) is 4.77 Å². The van der Waals surface area contributed by atoms with E-state index in [0.717, 1.165) is 5.56 Å². The number of hydrogen-bond donors (Lipinski definition) is 3. The molecular weight excluding hydrogens is 383 g/mol. The van der Waals surface area contributed by atoms with Crippen molar-refractivity contribution >= 4 is 47.0 Å². The SMILES string of the molecule is O=C(Cn1c(-c2ccc(Cl)cc2)n[nH]c1=S)Nc1cc(Cl)ccc1O. The van der Waals surface area contributed by atoms with Crippen LogP contribution in [0.3, 0.4) is 0 Å². The van der Waals surface area contributed by atoms with Crippen LogP contribution in [0.15, 0.2) is 42.5 Å². The van der Waals surface area contributed by atoms with Crippen LogP contribution in [0.1, 0.15) is 0 Å². The molecule has 0 atom stereocenters. The zero-order chi connectivity index (χ0) is 18.0. The van der Waals surface area contributed by atoms with Crippen molar-refractivity contribution in [2.45, 2.75) is 6.54 Å². The van der Waals surface area contributed by atoms with Crippen LogP contribution in [0.25, 0.3) is 11.4 Å². The number of nitrogens with one attached hydrogen (secondary N) is 2. The monoisotopic (exact) mass is 394 g/mol. The number of carbonyl (C=O) groups excluding carboxylic acids is 1. The molecular formula is C16H12Cl2N4O2S. The van der Waals surface area contributed by atoms with Gasteiger partial charge in [0.05, 0.1) is 5.69 Å². The molecule has 0 unspecified atom stereocenters. The van der Waals surface area contributed by atoms with Crippen LogP contribution in [0.4, 0.5) is 5.69 Å². The van der Waals surface area contributed by atoms with Crippen molar-refractivity contribution in [1.29, 1.82) is 0 Å². The third-order valence-electron chi connectivity index (χ3n) is 3.40. The van der Waals surface area contributed by atoms with Crippen LogP contribution in [0.2, 0.25) is 10.0 Å². The number of aromatic hydroxyl groups is 1. The lowest BCUT2D eigenvalue weighted by molar-refractivity contribution is -0.116. The number of carbonyl (C=O) groups is 1. The van der Waals surface area contributed by atoms with E-state index in [1.165, 1.54) is 18.2 Å². The molecule has 25 heavy (non-hydrogen) atoms. The topological polar surface area (TPSA) is 82.9 Å². The number of aromatic amines is 1. The second-order valence-corrected chi connectivity index (χ2v) is 6.41. The van der Waals surface area contributed by atoms with E-state index < -0.39 is 0 Å². The van der Waals surface area contributed by atoms with E-state index in [1.54, 1.807) is 28.8 Å². The predicted octanol–water partition coefficient (Wildman–Crippen LogP) is 4.26. The summed E-state index contributed by atoms with van der Waals surface area (Å²) < 4.78 is 1.85. The number of benzene rings is 2. The average Bonchev–Trinajstić information content (AvgIpc) is 2.93. The van der Waals surface area contributed by atoms with Crippen molar-refractivity contribution in [2.75, 3.05) is 5.32 Å². The smallest absolute Gasteiger partial charge is 0.244 e. The summed E-state index contributed by atoms with van der Waals surface area (Å²) in [6.45, 7) is -0.0841. The van der Waals surface area contributed by atoms with Gasteiger partial charge >= 0.3 is 0 Å². The van der Waals surface area contributed by atoms with Gasteiger partial charge in [-0.1, -0.05) is 23.2 Å². The Kier molecular flexibility index (Phi) is 5.08. The van der Waals surface area contributed by atoms with E-state index in [-0.39, 0.29) is 23.9 Å². The summed E-state index contributed by atoms with van der Waals surface area (Å²) >= 11 is 17.0. The number of anilines is 1. The number of phenols is 1. The Hall–Kier alpha value is -2.35. The van der Waals surface area contributed by atoms with Gasteiger partial charge in [0, 0.05) is 15.6 Å². The molecule has 0 fully saturated rings. The van der Waals surface area contributed by atoms with E-state index in [0.29, 0.717) is 20.6 Å². The van der Waals surface area contributed by atoms with Crippen LogP contribution in [-0.2, 0) is 11.3 Å². The lowest BCUT2D eigenvalue weighted by atomic mass is 10.2. The average molecular weight is 395 g/mol. The minimum atomic E-state index is -0.384. The zero-order valence-electron chi connectivity index (χ0n) is 12.7. The van der Waals surface area contributed by atoms with Gasteiger partial charge < -0.3 is 10.4 Å². The number of hydrogen-bond acceptors (Lipinski definition) is 4.